The minimum Gasteiger partial charge on any atom is -0.389 e. The van der Waals surface area contributed by atoms with Gasteiger partial charge in [-0.05, 0) is 37.1 Å². The Kier molecular flexibility index (Phi) is 6.64. The van der Waals surface area contributed by atoms with Gasteiger partial charge in [0, 0.05) is 18.1 Å². The van der Waals surface area contributed by atoms with Crippen molar-refractivity contribution in [1.29, 1.82) is 0 Å². The maximum Gasteiger partial charge on any atom is 0.221 e. The number of aliphatic hydroxyl groups excluding tert-OH is 1. The molecule has 0 aliphatic carbocycles. The molecular formula is C16H23ClN2O3. The van der Waals surface area contributed by atoms with Crippen molar-refractivity contribution in [2.75, 3.05) is 26.2 Å². The van der Waals surface area contributed by atoms with Crippen molar-refractivity contribution in [3.63, 3.8) is 0 Å². The molecule has 0 unspecified atom stereocenters. The molecule has 3 N–H and O–H groups in total. The molecule has 1 amide bonds. The maximum atomic E-state index is 11.2. The summed E-state index contributed by atoms with van der Waals surface area (Å²) in [5.41, 5.74) is 6.37. The SMILES string of the molecule is NC(=O)[C@H]1CCCN(C[C@H](O)COCc2ccc(Cl)cc2)C1. The molecule has 1 fully saturated rings. The lowest BCUT2D eigenvalue weighted by atomic mass is 9.97. The summed E-state index contributed by atoms with van der Waals surface area (Å²) in [6.45, 7) is 2.73. The first kappa shape index (κ1) is 17.2. The van der Waals surface area contributed by atoms with E-state index in [0.29, 0.717) is 24.7 Å². The van der Waals surface area contributed by atoms with Gasteiger partial charge in [0.25, 0.3) is 0 Å². The molecule has 2 rings (SSSR count). The molecule has 22 heavy (non-hydrogen) atoms. The quantitative estimate of drug-likeness (QED) is 0.794. The second kappa shape index (κ2) is 8.48. The standard InChI is InChI=1S/C16H23ClN2O3/c17-14-5-3-12(4-6-14)10-22-11-15(20)9-19-7-1-2-13(8-19)16(18)21/h3-6,13,15,20H,1-2,7-11H2,(H2,18,21)/t13-,15-/m0/s1. The number of ether oxygens (including phenoxy) is 1. The molecule has 1 aliphatic heterocycles. The Morgan fingerprint density at radius 1 is 1.45 bits per heavy atom. The summed E-state index contributed by atoms with van der Waals surface area (Å²) in [4.78, 5) is 13.3. The number of carbonyl (C=O) groups is 1. The summed E-state index contributed by atoms with van der Waals surface area (Å²) in [6.07, 6.45) is 1.21. The number of primary amides is 1. The van der Waals surface area contributed by atoms with Crippen molar-refractivity contribution in [2.45, 2.75) is 25.6 Å². The van der Waals surface area contributed by atoms with Gasteiger partial charge in [-0.1, -0.05) is 23.7 Å². The molecule has 5 nitrogen and oxygen atoms in total. The maximum absolute atomic E-state index is 11.2. The van der Waals surface area contributed by atoms with Crippen molar-refractivity contribution < 1.29 is 14.6 Å². The summed E-state index contributed by atoms with van der Waals surface area (Å²) in [5.74, 6) is -0.353. The third kappa shape index (κ3) is 5.57. The Hall–Kier alpha value is -1.14. The Bertz CT molecular complexity index is 481. The number of rotatable bonds is 7. The first-order valence-corrected chi connectivity index (χ1v) is 7.94. The fourth-order valence-corrected chi connectivity index (χ4v) is 2.82. The van der Waals surface area contributed by atoms with Gasteiger partial charge in [-0.2, -0.15) is 0 Å². The highest BCUT2D eigenvalue weighted by molar-refractivity contribution is 6.30. The van der Waals surface area contributed by atoms with Gasteiger partial charge in [-0.25, -0.2) is 0 Å². The summed E-state index contributed by atoms with van der Waals surface area (Å²) in [5, 5.41) is 10.7. The lowest BCUT2D eigenvalue weighted by Gasteiger charge is -2.32. The van der Waals surface area contributed by atoms with E-state index in [1.165, 1.54) is 0 Å². The number of halogens is 1. The van der Waals surface area contributed by atoms with Crippen molar-refractivity contribution in [3.8, 4) is 0 Å². The predicted octanol–water partition coefficient (Wildman–Crippen LogP) is 1.41. The minimum absolute atomic E-state index is 0.101. The van der Waals surface area contributed by atoms with E-state index in [4.69, 9.17) is 22.1 Å². The fourth-order valence-electron chi connectivity index (χ4n) is 2.70. The van der Waals surface area contributed by atoms with Crippen LogP contribution in [-0.4, -0.2) is 48.3 Å². The van der Waals surface area contributed by atoms with E-state index in [1.54, 1.807) is 0 Å². The number of aliphatic hydroxyl groups is 1. The Balaban J connectivity index is 1.68. The smallest absolute Gasteiger partial charge is 0.221 e. The molecule has 1 aliphatic rings. The lowest BCUT2D eigenvalue weighted by molar-refractivity contribution is -0.123. The average molecular weight is 327 g/mol. The van der Waals surface area contributed by atoms with Crippen LogP contribution in [0.25, 0.3) is 0 Å². The zero-order valence-corrected chi connectivity index (χ0v) is 13.3. The van der Waals surface area contributed by atoms with E-state index in [2.05, 4.69) is 4.90 Å². The highest BCUT2D eigenvalue weighted by Gasteiger charge is 2.25. The molecule has 1 saturated heterocycles. The molecule has 0 saturated carbocycles. The van der Waals surface area contributed by atoms with Gasteiger partial charge in [-0.15, -0.1) is 0 Å². The van der Waals surface area contributed by atoms with Crippen LogP contribution < -0.4 is 5.73 Å². The molecule has 6 heteroatoms. The van der Waals surface area contributed by atoms with Gasteiger partial charge in [0.2, 0.25) is 5.91 Å². The lowest BCUT2D eigenvalue weighted by Crippen LogP contribution is -2.44. The molecule has 2 atom stereocenters. The Labute approximate surface area is 136 Å². The first-order valence-electron chi connectivity index (χ1n) is 7.56. The van der Waals surface area contributed by atoms with Crippen LogP contribution in [0.2, 0.25) is 5.02 Å². The van der Waals surface area contributed by atoms with E-state index in [9.17, 15) is 9.90 Å². The number of hydrogen-bond donors (Lipinski definition) is 2. The van der Waals surface area contributed by atoms with Gasteiger partial charge in [0.05, 0.1) is 25.2 Å². The molecule has 0 bridgehead atoms. The number of carbonyl (C=O) groups excluding carboxylic acids is 1. The van der Waals surface area contributed by atoms with E-state index in [0.717, 1.165) is 24.9 Å². The predicted molar refractivity (Wildman–Crippen MR) is 85.5 cm³/mol. The molecule has 1 aromatic carbocycles. The fraction of sp³-hybridized carbons (Fsp3) is 0.562. The van der Waals surface area contributed by atoms with Gasteiger partial charge >= 0.3 is 0 Å². The van der Waals surface area contributed by atoms with Crippen LogP contribution in [0.15, 0.2) is 24.3 Å². The Morgan fingerprint density at radius 2 is 2.18 bits per heavy atom. The van der Waals surface area contributed by atoms with Crippen LogP contribution in [0, 0.1) is 5.92 Å². The number of piperidine rings is 1. The molecule has 122 valence electrons. The molecule has 1 aromatic rings. The molecule has 0 radical (unpaired) electrons. The number of nitrogens with two attached hydrogens (primary N) is 1. The van der Waals surface area contributed by atoms with Crippen LogP contribution >= 0.6 is 11.6 Å². The second-order valence-corrected chi connectivity index (χ2v) is 6.23. The Morgan fingerprint density at radius 3 is 2.86 bits per heavy atom. The van der Waals surface area contributed by atoms with Crippen LogP contribution in [-0.2, 0) is 16.1 Å². The van der Waals surface area contributed by atoms with E-state index in [1.807, 2.05) is 24.3 Å². The number of β-amino-alcohol motifs (C(OH)–C–C–N with tert-alkyl or cyclic N) is 1. The highest BCUT2D eigenvalue weighted by Crippen LogP contribution is 2.16. The topological polar surface area (TPSA) is 75.8 Å². The highest BCUT2D eigenvalue weighted by atomic mass is 35.5. The van der Waals surface area contributed by atoms with Crippen molar-refractivity contribution in [1.82, 2.24) is 4.90 Å². The van der Waals surface area contributed by atoms with Gasteiger partial charge in [-0.3, -0.25) is 9.69 Å². The van der Waals surface area contributed by atoms with Crippen LogP contribution in [0.4, 0.5) is 0 Å². The molecule has 1 heterocycles. The van der Waals surface area contributed by atoms with Crippen LogP contribution in [0.5, 0.6) is 0 Å². The molecule has 0 spiro atoms. The first-order chi connectivity index (χ1) is 10.5. The summed E-state index contributed by atoms with van der Waals surface area (Å²) in [7, 11) is 0. The van der Waals surface area contributed by atoms with Gasteiger partial charge in [0.15, 0.2) is 0 Å². The van der Waals surface area contributed by atoms with E-state index >= 15 is 0 Å². The van der Waals surface area contributed by atoms with Crippen LogP contribution in [0.1, 0.15) is 18.4 Å². The second-order valence-electron chi connectivity index (χ2n) is 5.80. The minimum atomic E-state index is -0.570. The summed E-state index contributed by atoms with van der Waals surface area (Å²) in [6, 6.07) is 7.43. The van der Waals surface area contributed by atoms with Gasteiger partial charge < -0.3 is 15.6 Å². The van der Waals surface area contributed by atoms with Crippen molar-refractivity contribution >= 4 is 17.5 Å². The monoisotopic (exact) mass is 326 g/mol. The third-order valence-corrected chi connectivity index (χ3v) is 4.12. The zero-order chi connectivity index (χ0) is 15.9. The molecule has 0 aromatic heterocycles. The number of amides is 1. The summed E-state index contributed by atoms with van der Waals surface area (Å²) < 4.78 is 5.53. The zero-order valence-electron chi connectivity index (χ0n) is 12.6. The van der Waals surface area contributed by atoms with Crippen LogP contribution in [0.3, 0.4) is 0 Å². The number of likely N-dealkylation sites (tertiary alicyclic amines) is 1. The van der Waals surface area contributed by atoms with Crippen molar-refractivity contribution in [2.24, 2.45) is 11.7 Å². The van der Waals surface area contributed by atoms with Crippen molar-refractivity contribution in [3.05, 3.63) is 34.9 Å². The third-order valence-electron chi connectivity index (χ3n) is 3.87. The van der Waals surface area contributed by atoms with Gasteiger partial charge in [0.1, 0.15) is 0 Å². The summed E-state index contributed by atoms with van der Waals surface area (Å²) >= 11 is 5.82. The number of nitrogens with zero attached hydrogens (tertiary/aromatic N) is 1. The normalized spacial score (nSPS) is 20.7. The number of benzene rings is 1. The van der Waals surface area contributed by atoms with E-state index < -0.39 is 6.10 Å². The number of hydrogen-bond acceptors (Lipinski definition) is 4. The van der Waals surface area contributed by atoms with E-state index in [-0.39, 0.29) is 18.4 Å². The average Bonchev–Trinajstić information content (AvgIpc) is 2.49. The largest absolute Gasteiger partial charge is 0.389 e. The molecular weight excluding hydrogens is 304 g/mol.